The number of ether oxygens (including phenoxy) is 4. The van der Waals surface area contributed by atoms with Gasteiger partial charge in [-0.15, -0.1) is 0 Å². The number of amides is 2. The normalized spacial score (nSPS) is 10.1. The van der Waals surface area contributed by atoms with E-state index in [-0.39, 0.29) is 12.5 Å². The second-order valence-corrected chi connectivity index (χ2v) is 6.19. The standard InChI is InChI=1S/C21H26N2O6/c1-23(13-14-7-6-8-18(28-4)20(14)29-5)19(24)12-22-21(25)15-9-16(26-2)11-17(10-15)27-3/h6-11H,12-13H2,1-5H3,(H,22,25). The van der Waals surface area contributed by atoms with Crippen molar-refractivity contribution in [1.82, 2.24) is 10.2 Å². The summed E-state index contributed by atoms with van der Waals surface area (Å²) in [6.07, 6.45) is 0. The number of rotatable bonds is 9. The van der Waals surface area contributed by atoms with Crippen molar-refractivity contribution in [2.24, 2.45) is 0 Å². The van der Waals surface area contributed by atoms with E-state index in [9.17, 15) is 9.59 Å². The molecule has 8 heteroatoms. The van der Waals surface area contributed by atoms with Gasteiger partial charge in [0.05, 0.1) is 35.0 Å². The number of nitrogens with zero attached hydrogens (tertiary/aromatic N) is 1. The van der Waals surface area contributed by atoms with Crippen LogP contribution in [0.5, 0.6) is 23.0 Å². The summed E-state index contributed by atoms with van der Waals surface area (Å²) in [5.41, 5.74) is 1.14. The second kappa shape index (κ2) is 10.2. The zero-order valence-corrected chi connectivity index (χ0v) is 17.3. The molecule has 8 nitrogen and oxygen atoms in total. The minimum absolute atomic E-state index is 0.152. The maximum Gasteiger partial charge on any atom is 0.251 e. The van der Waals surface area contributed by atoms with E-state index in [1.807, 2.05) is 12.1 Å². The van der Waals surface area contributed by atoms with Gasteiger partial charge in [0.1, 0.15) is 11.5 Å². The lowest BCUT2D eigenvalue weighted by Crippen LogP contribution is -2.37. The highest BCUT2D eigenvalue weighted by Crippen LogP contribution is 2.31. The summed E-state index contributed by atoms with van der Waals surface area (Å²) in [7, 11) is 7.76. The molecule has 0 aromatic heterocycles. The summed E-state index contributed by atoms with van der Waals surface area (Å²) >= 11 is 0. The summed E-state index contributed by atoms with van der Waals surface area (Å²) in [4.78, 5) is 26.4. The van der Waals surface area contributed by atoms with Crippen LogP contribution in [0.4, 0.5) is 0 Å². The van der Waals surface area contributed by atoms with E-state index in [0.717, 1.165) is 5.56 Å². The summed E-state index contributed by atoms with van der Waals surface area (Å²) in [6.45, 7) is 0.156. The Morgan fingerprint density at radius 3 is 2.14 bits per heavy atom. The van der Waals surface area contributed by atoms with Crippen molar-refractivity contribution in [2.75, 3.05) is 42.0 Å². The Hall–Kier alpha value is -3.42. The van der Waals surface area contributed by atoms with Gasteiger partial charge in [-0.3, -0.25) is 9.59 Å². The number of para-hydroxylation sites is 1. The fourth-order valence-electron chi connectivity index (χ4n) is 2.75. The highest BCUT2D eigenvalue weighted by molar-refractivity contribution is 5.97. The molecule has 2 amide bonds. The predicted octanol–water partition coefficient (Wildman–Crippen LogP) is 2.11. The van der Waals surface area contributed by atoms with Crippen molar-refractivity contribution in [3.63, 3.8) is 0 Å². The summed E-state index contributed by atoms with van der Waals surface area (Å²) in [5.74, 6) is 1.49. The van der Waals surface area contributed by atoms with E-state index >= 15 is 0 Å². The number of carbonyl (C=O) groups is 2. The van der Waals surface area contributed by atoms with Gasteiger partial charge in [0, 0.05) is 30.8 Å². The molecular weight excluding hydrogens is 376 g/mol. The van der Waals surface area contributed by atoms with E-state index in [4.69, 9.17) is 18.9 Å². The molecule has 0 aliphatic heterocycles. The minimum Gasteiger partial charge on any atom is -0.497 e. The van der Waals surface area contributed by atoms with Crippen molar-refractivity contribution >= 4 is 11.8 Å². The maximum atomic E-state index is 12.5. The first-order chi connectivity index (χ1) is 13.9. The summed E-state index contributed by atoms with van der Waals surface area (Å²) < 4.78 is 21.0. The lowest BCUT2D eigenvalue weighted by atomic mass is 10.1. The molecule has 1 N–H and O–H groups in total. The van der Waals surface area contributed by atoms with E-state index < -0.39 is 5.91 Å². The number of methoxy groups -OCH3 is 4. The number of hydrogen-bond donors (Lipinski definition) is 1. The number of benzene rings is 2. The Labute approximate surface area is 170 Å². The first-order valence-electron chi connectivity index (χ1n) is 8.88. The fourth-order valence-corrected chi connectivity index (χ4v) is 2.75. The fraction of sp³-hybridized carbons (Fsp3) is 0.333. The van der Waals surface area contributed by atoms with Gasteiger partial charge >= 0.3 is 0 Å². The number of nitrogens with one attached hydrogen (secondary N) is 1. The molecule has 0 bridgehead atoms. The lowest BCUT2D eigenvalue weighted by molar-refractivity contribution is -0.129. The van der Waals surface area contributed by atoms with Gasteiger partial charge in [-0.25, -0.2) is 0 Å². The zero-order chi connectivity index (χ0) is 21.4. The molecule has 0 saturated heterocycles. The van der Waals surface area contributed by atoms with E-state index in [0.29, 0.717) is 35.1 Å². The van der Waals surface area contributed by atoms with Crippen molar-refractivity contribution in [1.29, 1.82) is 0 Å². The molecule has 0 aliphatic rings. The average molecular weight is 402 g/mol. The molecule has 0 atom stereocenters. The molecule has 2 aromatic carbocycles. The third-order valence-corrected chi connectivity index (χ3v) is 4.33. The van der Waals surface area contributed by atoms with E-state index in [2.05, 4.69) is 5.32 Å². The van der Waals surface area contributed by atoms with Gasteiger partial charge in [0.25, 0.3) is 5.91 Å². The van der Waals surface area contributed by atoms with Crippen LogP contribution in [0, 0.1) is 0 Å². The largest absolute Gasteiger partial charge is 0.497 e. The van der Waals surface area contributed by atoms with Crippen molar-refractivity contribution in [3.8, 4) is 23.0 Å². The smallest absolute Gasteiger partial charge is 0.251 e. The molecule has 156 valence electrons. The van der Waals surface area contributed by atoms with Gasteiger partial charge in [-0.2, -0.15) is 0 Å². The Balaban J connectivity index is 2.01. The third-order valence-electron chi connectivity index (χ3n) is 4.33. The van der Waals surface area contributed by atoms with Crippen molar-refractivity contribution < 1.29 is 28.5 Å². The molecule has 0 unspecified atom stereocenters. The van der Waals surface area contributed by atoms with Crippen molar-refractivity contribution in [2.45, 2.75) is 6.54 Å². The molecule has 2 rings (SSSR count). The Bertz CT molecular complexity index is 846. The summed E-state index contributed by atoms with van der Waals surface area (Å²) in [5, 5.41) is 2.62. The molecule has 0 heterocycles. The SMILES string of the molecule is COc1cc(OC)cc(C(=O)NCC(=O)N(C)Cc2cccc(OC)c2OC)c1. The molecule has 0 spiro atoms. The van der Waals surface area contributed by atoms with Crippen LogP contribution < -0.4 is 24.3 Å². The predicted molar refractivity (Wildman–Crippen MR) is 108 cm³/mol. The van der Waals surface area contributed by atoms with Crippen LogP contribution in [-0.2, 0) is 11.3 Å². The van der Waals surface area contributed by atoms with Crippen LogP contribution in [0.15, 0.2) is 36.4 Å². The molecule has 0 aliphatic carbocycles. The van der Waals surface area contributed by atoms with Crippen LogP contribution in [0.1, 0.15) is 15.9 Å². The van der Waals surface area contributed by atoms with Crippen LogP contribution in [0.2, 0.25) is 0 Å². The number of carbonyl (C=O) groups excluding carboxylic acids is 2. The summed E-state index contributed by atoms with van der Waals surface area (Å²) in [6, 6.07) is 10.3. The highest BCUT2D eigenvalue weighted by atomic mass is 16.5. The molecule has 0 saturated carbocycles. The Morgan fingerprint density at radius 2 is 1.59 bits per heavy atom. The van der Waals surface area contributed by atoms with Gasteiger partial charge < -0.3 is 29.2 Å². The monoisotopic (exact) mass is 402 g/mol. The van der Waals surface area contributed by atoms with Crippen LogP contribution in [-0.4, -0.2) is 58.7 Å². The van der Waals surface area contributed by atoms with Gasteiger partial charge in [-0.1, -0.05) is 12.1 Å². The van der Waals surface area contributed by atoms with Crippen LogP contribution in [0.25, 0.3) is 0 Å². The molecule has 29 heavy (non-hydrogen) atoms. The minimum atomic E-state index is -0.400. The van der Waals surface area contributed by atoms with E-state index in [1.165, 1.54) is 19.1 Å². The van der Waals surface area contributed by atoms with Gasteiger partial charge in [-0.05, 0) is 18.2 Å². The first kappa shape index (κ1) is 21.9. The molecule has 0 fully saturated rings. The third kappa shape index (κ3) is 5.54. The van der Waals surface area contributed by atoms with Crippen LogP contribution in [0.3, 0.4) is 0 Å². The average Bonchev–Trinajstić information content (AvgIpc) is 2.76. The topological polar surface area (TPSA) is 86.3 Å². The van der Waals surface area contributed by atoms with Crippen molar-refractivity contribution in [3.05, 3.63) is 47.5 Å². The van der Waals surface area contributed by atoms with Crippen LogP contribution >= 0.6 is 0 Å². The number of hydrogen-bond acceptors (Lipinski definition) is 6. The Morgan fingerprint density at radius 1 is 0.931 bits per heavy atom. The first-order valence-corrected chi connectivity index (χ1v) is 8.88. The molecule has 2 aromatic rings. The quantitative estimate of drug-likeness (QED) is 0.691. The van der Waals surface area contributed by atoms with Gasteiger partial charge in [0.15, 0.2) is 11.5 Å². The second-order valence-electron chi connectivity index (χ2n) is 6.19. The molecular formula is C21H26N2O6. The zero-order valence-electron chi connectivity index (χ0n) is 17.3. The lowest BCUT2D eigenvalue weighted by Gasteiger charge is -2.20. The van der Waals surface area contributed by atoms with E-state index in [1.54, 1.807) is 45.5 Å². The number of likely N-dealkylation sites (N-methyl/N-ethyl adjacent to an activating group) is 1. The Kier molecular flexibility index (Phi) is 7.70. The highest BCUT2D eigenvalue weighted by Gasteiger charge is 2.16. The maximum absolute atomic E-state index is 12.5. The van der Waals surface area contributed by atoms with Gasteiger partial charge in [0.2, 0.25) is 5.91 Å². The molecule has 0 radical (unpaired) electrons.